The van der Waals surface area contributed by atoms with Gasteiger partial charge in [-0.25, -0.2) is 9.78 Å². The van der Waals surface area contributed by atoms with E-state index in [2.05, 4.69) is 10.3 Å². The third-order valence-corrected chi connectivity index (χ3v) is 7.04. The number of nitrogens with zero attached hydrogens (tertiary/aromatic N) is 3. The molecule has 0 radical (unpaired) electrons. The van der Waals surface area contributed by atoms with Gasteiger partial charge in [0, 0.05) is 41.8 Å². The van der Waals surface area contributed by atoms with Crippen LogP contribution >= 0.6 is 23.2 Å². The quantitative estimate of drug-likeness (QED) is 0.475. The lowest BCUT2D eigenvalue weighted by Crippen LogP contribution is -2.35. The molecule has 8 heteroatoms. The summed E-state index contributed by atoms with van der Waals surface area (Å²) in [6, 6.07) is 16.6. The van der Waals surface area contributed by atoms with Gasteiger partial charge < -0.3 is 10.2 Å². The maximum Gasteiger partial charge on any atom is 0.317 e. The highest BCUT2D eigenvalue weighted by molar-refractivity contribution is 6.31. The summed E-state index contributed by atoms with van der Waals surface area (Å²) >= 11 is 12.2. The number of halogens is 2. The van der Waals surface area contributed by atoms with Crippen LogP contribution in [0.3, 0.4) is 0 Å². The number of pyridine rings is 1. The lowest BCUT2D eigenvalue weighted by Gasteiger charge is -2.25. The second-order valence-electron chi connectivity index (χ2n) is 8.92. The Morgan fingerprint density at radius 1 is 1.09 bits per heavy atom. The van der Waals surface area contributed by atoms with Gasteiger partial charge >= 0.3 is 6.03 Å². The van der Waals surface area contributed by atoms with Crippen molar-refractivity contribution in [1.82, 2.24) is 15.2 Å². The van der Waals surface area contributed by atoms with Crippen LogP contribution in [0, 0.1) is 6.92 Å². The van der Waals surface area contributed by atoms with Crippen molar-refractivity contribution in [2.45, 2.75) is 25.2 Å². The van der Waals surface area contributed by atoms with E-state index in [-0.39, 0.29) is 17.4 Å². The Kier molecular flexibility index (Phi) is 5.96. The number of benzene rings is 2. The van der Waals surface area contributed by atoms with Gasteiger partial charge in [-0.1, -0.05) is 35.3 Å². The van der Waals surface area contributed by atoms with E-state index in [1.165, 1.54) is 6.20 Å². The molecule has 174 valence electrons. The molecule has 6 nitrogen and oxygen atoms in total. The average molecular weight is 495 g/mol. The van der Waals surface area contributed by atoms with Gasteiger partial charge in [0.25, 0.3) is 5.91 Å². The molecule has 2 aromatic carbocycles. The van der Waals surface area contributed by atoms with E-state index in [4.69, 9.17) is 23.2 Å². The molecule has 34 heavy (non-hydrogen) atoms. The fraction of sp³-hybridized carbons (Fsp3) is 0.269. The molecule has 2 fully saturated rings. The zero-order chi connectivity index (χ0) is 23.9. The predicted octanol–water partition coefficient (Wildman–Crippen LogP) is 5.73. The van der Waals surface area contributed by atoms with Crippen molar-refractivity contribution in [1.29, 1.82) is 0 Å². The number of carbonyl (C=O) groups is 2. The standard InChI is InChI=1S/C26H24Cl2N4O2/c1-17-14-20(27)6-8-22(17)32(23-9-7-21(28)15-30-23)24(33)18-2-4-19(5-3-18)26(10-11-26)16-31-13-12-29-25(31)34/h2-9,14-15H,10-13,16H2,1H3,(H,29,34). The smallest absolute Gasteiger partial charge is 0.317 e. The summed E-state index contributed by atoms with van der Waals surface area (Å²) < 4.78 is 0. The molecule has 1 aromatic heterocycles. The molecule has 2 heterocycles. The normalized spacial score (nSPS) is 16.3. The third-order valence-electron chi connectivity index (χ3n) is 6.58. The Balaban J connectivity index is 1.44. The number of nitrogens with one attached hydrogen (secondary N) is 1. The van der Waals surface area contributed by atoms with Crippen LogP contribution in [-0.2, 0) is 5.41 Å². The molecule has 1 aliphatic heterocycles. The Bertz CT molecular complexity index is 1240. The van der Waals surface area contributed by atoms with Crippen LogP contribution in [-0.4, -0.2) is 41.5 Å². The van der Waals surface area contributed by atoms with Gasteiger partial charge in [0.2, 0.25) is 0 Å². The highest BCUT2D eigenvalue weighted by Crippen LogP contribution is 2.49. The lowest BCUT2D eigenvalue weighted by molar-refractivity contribution is 0.0998. The summed E-state index contributed by atoms with van der Waals surface area (Å²) in [6.45, 7) is 4.05. The number of aryl methyl sites for hydroxylation is 1. The van der Waals surface area contributed by atoms with Crippen LogP contribution in [0.1, 0.15) is 34.3 Å². The monoisotopic (exact) mass is 494 g/mol. The number of carbonyl (C=O) groups excluding carboxylic acids is 2. The molecular weight excluding hydrogens is 471 g/mol. The van der Waals surface area contributed by atoms with Crippen LogP contribution in [0.25, 0.3) is 0 Å². The minimum absolute atomic E-state index is 0.00233. The molecule has 0 bridgehead atoms. The maximum atomic E-state index is 13.7. The van der Waals surface area contributed by atoms with E-state index in [0.717, 1.165) is 30.5 Å². The molecule has 3 amide bonds. The second kappa shape index (κ2) is 8.93. The van der Waals surface area contributed by atoms with Gasteiger partial charge in [-0.05, 0) is 73.4 Å². The summed E-state index contributed by atoms with van der Waals surface area (Å²) in [6.07, 6.45) is 3.60. The number of urea groups is 1. The zero-order valence-corrected chi connectivity index (χ0v) is 20.2. The number of hydrogen-bond acceptors (Lipinski definition) is 3. The summed E-state index contributed by atoms with van der Waals surface area (Å²) in [5.74, 6) is 0.276. The van der Waals surface area contributed by atoms with E-state index in [1.54, 1.807) is 23.1 Å². The molecule has 0 spiro atoms. The topological polar surface area (TPSA) is 65.5 Å². The first-order chi connectivity index (χ1) is 16.4. The van der Waals surface area contributed by atoms with Crippen molar-refractivity contribution in [3.63, 3.8) is 0 Å². The molecule has 1 aliphatic carbocycles. The van der Waals surface area contributed by atoms with Gasteiger partial charge in [-0.15, -0.1) is 0 Å². The number of hydrogen-bond donors (Lipinski definition) is 1. The van der Waals surface area contributed by atoms with Crippen LogP contribution in [0.4, 0.5) is 16.3 Å². The first kappa shape index (κ1) is 22.7. The molecule has 1 saturated carbocycles. The van der Waals surface area contributed by atoms with E-state index in [1.807, 2.05) is 48.2 Å². The second-order valence-corrected chi connectivity index (χ2v) is 9.79. The minimum atomic E-state index is -0.199. The van der Waals surface area contributed by atoms with Crippen molar-refractivity contribution >= 4 is 46.6 Å². The first-order valence-corrected chi connectivity index (χ1v) is 12.0. The van der Waals surface area contributed by atoms with Gasteiger partial charge in [-0.3, -0.25) is 9.69 Å². The van der Waals surface area contributed by atoms with Gasteiger partial charge in [0.15, 0.2) is 0 Å². The Morgan fingerprint density at radius 3 is 2.41 bits per heavy atom. The van der Waals surface area contributed by atoms with Crippen LogP contribution in [0.5, 0.6) is 0 Å². The van der Waals surface area contributed by atoms with Crippen molar-refractivity contribution in [2.75, 3.05) is 24.5 Å². The maximum absolute atomic E-state index is 13.7. The summed E-state index contributed by atoms with van der Waals surface area (Å²) in [5, 5.41) is 3.96. The van der Waals surface area contributed by atoms with Crippen LogP contribution in [0.15, 0.2) is 60.8 Å². The molecule has 3 aromatic rings. The van der Waals surface area contributed by atoms with Crippen LogP contribution < -0.4 is 10.2 Å². The summed E-state index contributed by atoms with van der Waals surface area (Å²) in [5.41, 5.74) is 3.24. The molecule has 0 unspecified atom stereocenters. The van der Waals surface area contributed by atoms with E-state index >= 15 is 0 Å². The van der Waals surface area contributed by atoms with E-state index < -0.39 is 0 Å². The van der Waals surface area contributed by atoms with E-state index in [0.29, 0.717) is 40.2 Å². The molecule has 1 saturated heterocycles. The van der Waals surface area contributed by atoms with Gasteiger partial charge in [-0.2, -0.15) is 0 Å². The summed E-state index contributed by atoms with van der Waals surface area (Å²) in [4.78, 5) is 33.6. The lowest BCUT2D eigenvalue weighted by atomic mass is 9.94. The predicted molar refractivity (Wildman–Crippen MR) is 134 cm³/mol. The Hall–Kier alpha value is -3.09. The molecular formula is C26H24Cl2N4O2. The number of amides is 3. The fourth-order valence-corrected chi connectivity index (χ4v) is 4.86. The highest BCUT2D eigenvalue weighted by Gasteiger charge is 2.46. The molecule has 5 rings (SSSR count). The fourth-order valence-electron chi connectivity index (χ4n) is 4.52. The van der Waals surface area contributed by atoms with Crippen LogP contribution in [0.2, 0.25) is 10.0 Å². The van der Waals surface area contributed by atoms with E-state index in [9.17, 15) is 9.59 Å². The zero-order valence-electron chi connectivity index (χ0n) is 18.7. The minimum Gasteiger partial charge on any atom is -0.336 e. The van der Waals surface area contributed by atoms with Crippen molar-refractivity contribution < 1.29 is 9.59 Å². The highest BCUT2D eigenvalue weighted by atomic mass is 35.5. The SMILES string of the molecule is Cc1cc(Cl)ccc1N(C(=O)c1ccc(C2(CN3CCNC3=O)CC2)cc1)c1ccc(Cl)cn1. The Morgan fingerprint density at radius 2 is 1.82 bits per heavy atom. The van der Waals surface area contributed by atoms with Crippen molar-refractivity contribution in [2.24, 2.45) is 0 Å². The van der Waals surface area contributed by atoms with Crippen molar-refractivity contribution in [3.05, 3.63) is 87.5 Å². The molecule has 2 aliphatic rings. The number of anilines is 2. The number of rotatable bonds is 6. The van der Waals surface area contributed by atoms with Gasteiger partial charge in [0.1, 0.15) is 5.82 Å². The van der Waals surface area contributed by atoms with Crippen molar-refractivity contribution in [3.8, 4) is 0 Å². The van der Waals surface area contributed by atoms with Gasteiger partial charge in [0.05, 0.1) is 10.7 Å². The largest absolute Gasteiger partial charge is 0.336 e. The molecule has 0 atom stereocenters. The first-order valence-electron chi connectivity index (χ1n) is 11.2. The third kappa shape index (κ3) is 4.36. The number of aromatic nitrogens is 1. The average Bonchev–Trinajstić information content (AvgIpc) is 3.51. The summed E-state index contributed by atoms with van der Waals surface area (Å²) in [7, 11) is 0. The molecule has 1 N–H and O–H groups in total. The Labute approximate surface area is 208 Å².